The third-order valence-corrected chi connectivity index (χ3v) is 6.66. The Bertz CT molecular complexity index is 1360. The lowest BCUT2D eigenvalue weighted by Crippen LogP contribution is -2.33. The SMILES string of the molecule is COc1c(Cl)cc(/C(O)=C2\C(=O)C(=O)N(CCOC(C)C)C2c2c[nH]c3ccccc23)c(OC)c1Cl. The van der Waals surface area contributed by atoms with E-state index in [1.165, 1.54) is 25.2 Å². The van der Waals surface area contributed by atoms with E-state index < -0.39 is 23.5 Å². The molecule has 1 saturated heterocycles. The standard InChI is InChI=1S/C26H26Cl2N2O6/c1-13(2)36-10-9-30-21(16-12-29-18-8-6-5-7-14(16)18)19(23(32)26(30)33)22(31)15-11-17(27)25(35-4)20(28)24(15)34-3/h5-8,11-13,21,29,31H,9-10H2,1-4H3/b22-19+. The fourth-order valence-electron chi connectivity index (χ4n) is 4.43. The van der Waals surface area contributed by atoms with E-state index in [0.29, 0.717) is 5.56 Å². The number of likely N-dealkylation sites (tertiary alicyclic amines) is 1. The highest BCUT2D eigenvalue weighted by atomic mass is 35.5. The van der Waals surface area contributed by atoms with Crippen molar-refractivity contribution in [2.45, 2.75) is 26.0 Å². The second-order valence-corrected chi connectivity index (χ2v) is 9.27. The number of methoxy groups -OCH3 is 2. The molecule has 1 aromatic heterocycles. The number of nitrogens with one attached hydrogen (secondary N) is 1. The van der Waals surface area contributed by atoms with Crippen molar-refractivity contribution in [2.75, 3.05) is 27.4 Å². The Hall–Kier alpha value is -3.20. The van der Waals surface area contributed by atoms with Gasteiger partial charge in [0, 0.05) is 29.2 Å². The highest BCUT2D eigenvalue weighted by Crippen LogP contribution is 2.47. The van der Waals surface area contributed by atoms with Crippen LogP contribution in [-0.2, 0) is 14.3 Å². The molecule has 0 aliphatic carbocycles. The molecule has 4 rings (SSSR count). The first-order valence-corrected chi connectivity index (χ1v) is 12.0. The lowest BCUT2D eigenvalue weighted by Gasteiger charge is -2.25. The number of para-hydroxylation sites is 1. The van der Waals surface area contributed by atoms with Gasteiger partial charge in [0.05, 0.1) is 49.1 Å². The third-order valence-electron chi connectivity index (χ3n) is 6.03. The Balaban J connectivity index is 1.95. The molecule has 8 nitrogen and oxygen atoms in total. The number of aliphatic hydroxyl groups is 1. The number of aromatic amines is 1. The number of Topliss-reactive ketones (excluding diaryl/α,β-unsaturated/α-hetero) is 1. The maximum absolute atomic E-state index is 13.4. The first-order valence-electron chi connectivity index (χ1n) is 11.3. The second kappa shape index (κ2) is 10.4. The number of hydrogen-bond acceptors (Lipinski definition) is 6. The molecule has 0 radical (unpaired) electrons. The third kappa shape index (κ3) is 4.40. The number of benzene rings is 2. The predicted molar refractivity (Wildman–Crippen MR) is 138 cm³/mol. The van der Waals surface area contributed by atoms with Crippen LogP contribution in [0.25, 0.3) is 16.7 Å². The number of rotatable bonds is 8. The molecule has 1 atom stereocenters. The van der Waals surface area contributed by atoms with Crippen LogP contribution in [-0.4, -0.2) is 60.2 Å². The number of nitrogens with zero attached hydrogens (tertiary/aromatic N) is 1. The largest absolute Gasteiger partial charge is 0.507 e. The van der Waals surface area contributed by atoms with Gasteiger partial charge in [0.15, 0.2) is 11.5 Å². The first kappa shape index (κ1) is 25.9. The van der Waals surface area contributed by atoms with Crippen LogP contribution in [0.15, 0.2) is 42.1 Å². The number of fused-ring (bicyclic) bond motifs is 1. The average molecular weight is 533 g/mol. The maximum atomic E-state index is 13.4. The summed E-state index contributed by atoms with van der Waals surface area (Å²) in [6.45, 7) is 4.13. The molecule has 2 N–H and O–H groups in total. The van der Waals surface area contributed by atoms with Crippen LogP contribution in [0.4, 0.5) is 0 Å². The van der Waals surface area contributed by atoms with Gasteiger partial charge in [0.2, 0.25) is 0 Å². The molecule has 3 aromatic rings. The van der Waals surface area contributed by atoms with E-state index in [0.717, 1.165) is 10.9 Å². The van der Waals surface area contributed by atoms with E-state index >= 15 is 0 Å². The van der Waals surface area contributed by atoms with Gasteiger partial charge >= 0.3 is 0 Å². The summed E-state index contributed by atoms with van der Waals surface area (Å²) in [6.07, 6.45) is 1.68. The fourth-order valence-corrected chi connectivity index (χ4v) is 5.12. The highest BCUT2D eigenvalue weighted by Gasteiger charge is 2.47. The maximum Gasteiger partial charge on any atom is 0.295 e. The minimum absolute atomic E-state index is 0.0252. The molecule has 1 aliphatic rings. The molecule has 0 saturated carbocycles. The zero-order chi connectivity index (χ0) is 26.1. The van der Waals surface area contributed by atoms with Crippen molar-refractivity contribution in [2.24, 2.45) is 0 Å². The van der Waals surface area contributed by atoms with Gasteiger partial charge in [0.1, 0.15) is 10.8 Å². The number of aliphatic hydroxyl groups excluding tert-OH is 1. The molecule has 36 heavy (non-hydrogen) atoms. The fraction of sp³-hybridized carbons (Fsp3) is 0.308. The van der Waals surface area contributed by atoms with Gasteiger partial charge in [-0.2, -0.15) is 0 Å². The molecule has 1 aliphatic heterocycles. The number of hydrogen-bond donors (Lipinski definition) is 2. The Morgan fingerprint density at radius 1 is 1.14 bits per heavy atom. The van der Waals surface area contributed by atoms with Gasteiger partial charge in [-0.15, -0.1) is 0 Å². The molecule has 2 heterocycles. The number of ketones is 1. The zero-order valence-corrected chi connectivity index (χ0v) is 21.7. The summed E-state index contributed by atoms with van der Waals surface area (Å²) in [4.78, 5) is 31.2. The summed E-state index contributed by atoms with van der Waals surface area (Å²) < 4.78 is 16.3. The number of ether oxygens (including phenoxy) is 3. The van der Waals surface area contributed by atoms with Gasteiger partial charge in [-0.1, -0.05) is 41.4 Å². The van der Waals surface area contributed by atoms with Crippen molar-refractivity contribution in [1.82, 2.24) is 9.88 Å². The smallest absolute Gasteiger partial charge is 0.295 e. The molecule has 190 valence electrons. The van der Waals surface area contributed by atoms with Crippen molar-refractivity contribution in [1.29, 1.82) is 0 Å². The van der Waals surface area contributed by atoms with Crippen LogP contribution in [0.3, 0.4) is 0 Å². The van der Waals surface area contributed by atoms with Crippen LogP contribution >= 0.6 is 23.2 Å². The van der Waals surface area contributed by atoms with E-state index in [4.69, 9.17) is 37.4 Å². The molecular weight excluding hydrogens is 507 g/mol. The predicted octanol–water partition coefficient (Wildman–Crippen LogP) is 5.34. The number of H-pyrrole nitrogens is 1. The monoisotopic (exact) mass is 532 g/mol. The molecule has 1 amide bonds. The van der Waals surface area contributed by atoms with Crippen molar-refractivity contribution in [3.05, 3.63) is 63.3 Å². The van der Waals surface area contributed by atoms with Gasteiger partial charge in [-0.3, -0.25) is 9.59 Å². The Kier molecular flexibility index (Phi) is 7.49. The molecule has 2 aromatic carbocycles. The van der Waals surface area contributed by atoms with E-state index in [2.05, 4.69) is 4.98 Å². The molecular formula is C26H26Cl2N2O6. The minimum Gasteiger partial charge on any atom is -0.507 e. The van der Waals surface area contributed by atoms with E-state index in [1.54, 1.807) is 6.20 Å². The van der Waals surface area contributed by atoms with E-state index in [9.17, 15) is 14.7 Å². The van der Waals surface area contributed by atoms with Crippen molar-refractivity contribution < 1.29 is 28.9 Å². The average Bonchev–Trinajstić information content (AvgIpc) is 3.37. The Morgan fingerprint density at radius 3 is 2.50 bits per heavy atom. The van der Waals surface area contributed by atoms with Crippen LogP contribution in [0.5, 0.6) is 11.5 Å². The summed E-state index contributed by atoms with van der Waals surface area (Å²) in [5, 5.41) is 12.4. The van der Waals surface area contributed by atoms with Crippen molar-refractivity contribution in [3.8, 4) is 11.5 Å². The van der Waals surface area contributed by atoms with Crippen LogP contribution in [0, 0.1) is 0 Å². The van der Waals surface area contributed by atoms with Gasteiger partial charge in [0.25, 0.3) is 11.7 Å². The lowest BCUT2D eigenvalue weighted by atomic mass is 9.94. The van der Waals surface area contributed by atoms with Crippen LogP contribution in [0.2, 0.25) is 10.0 Å². The summed E-state index contributed by atoms with van der Waals surface area (Å²) >= 11 is 12.8. The van der Waals surface area contributed by atoms with E-state index in [1.807, 2.05) is 38.1 Å². The Morgan fingerprint density at radius 2 is 1.83 bits per heavy atom. The van der Waals surface area contributed by atoms with Crippen LogP contribution in [0.1, 0.15) is 31.0 Å². The van der Waals surface area contributed by atoms with Gasteiger partial charge < -0.3 is 29.2 Å². The topological polar surface area (TPSA) is 101 Å². The molecule has 10 heteroatoms. The Labute approximate surface area is 218 Å². The molecule has 0 spiro atoms. The first-order chi connectivity index (χ1) is 17.2. The summed E-state index contributed by atoms with van der Waals surface area (Å²) in [6, 6.07) is 8.01. The minimum atomic E-state index is -0.888. The lowest BCUT2D eigenvalue weighted by molar-refractivity contribution is -0.140. The number of amides is 1. The zero-order valence-electron chi connectivity index (χ0n) is 20.2. The van der Waals surface area contributed by atoms with Crippen molar-refractivity contribution in [3.63, 3.8) is 0 Å². The number of aromatic nitrogens is 1. The van der Waals surface area contributed by atoms with Gasteiger partial charge in [-0.05, 0) is 26.0 Å². The molecule has 1 fully saturated rings. The highest BCUT2D eigenvalue weighted by molar-refractivity contribution is 6.47. The second-order valence-electron chi connectivity index (χ2n) is 8.49. The quantitative estimate of drug-likeness (QED) is 0.230. The molecule has 0 bridgehead atoms. The normalized spacial score (nSPS) is 17.4. The summed E-state index contributed by atoms with van der Waals surface area (Å²) in [5.74, 6) is -1.82. The number of halogens is 2. The van der Waals surface area contributed by atoms with E-state index in [-0.39, 0.29) is 51.9 Å². The number of carbonyl (C=O) groups excluding carboxylic acids is 2. The molecule has 1 unspecified atom stereocenters. The number of carbonyl (C=O) groups is 2. The van der Waals surface area contributed by atoms with Crippen molar-refractivity contribution >= 4 is 51.6 Å². The van der Waals surface area contributed by atoms with Gasteiger partial charge in [-0.25, -0.2) is 0 Å². The summed E-state index contributed by atoms with van der Waals surface area (Å²) in [5.41, 5.74) is 1.43. The summed E-state index contributed by atoms with van der Waals surface area (Å²) in [7, 11) is 2.76. The van der Waals surface area contributed by atoms with Crippen LogP contribution < -0.4 is 9.47 Å².